The fourth-order valence-corrected chi connectivity index (χ4v) is 1.99. The number of amides is 1. The lowest BCUT2D eigenvalue weighted by molar-refractivity contribution is -0.120. The van der Waals surface area contributed by atoms with Crippen molar-refractivity contribution in [2.45, 2.75) is 19.4 Å². The molecule has 1 heterocycles. The van der Waals surface area contributed by atoms with Gasteiger partial charge >= 0.3 is 0 Å². The quantitative estimate of drug-likeness (QED) is 0.849. The minimum absolute atomic E-state index is 0.0557. The van der Waals surface area contributed by atoms with Gasteiger partial charge in [-0.25, -0.2) is 4.98 Å². The number of rotatable bonds is 3. The van der Waals surface area contributed by atoms with Gasteiger partial charge < -0.3 is 15.6 Å². The summed E-state index contributed by atoms with van der Waals surface area (Å²) < 4.78 is 2.03. The maximum atomic E-state index is 11.3. The van der Waals surface area contributed by atoms with Gasteiger partial charge in [0.25, 0.3) is 0 Å². The molecule has 0 bridgehead atoms. The molecule has 0 aliphatic rings. The molecule has 0 aliphatic heterocycles. The number of hydrogen-bond donors (Lipinski definition) is 2. The zero-order valence-electron chi connectivity index (χ0n) is 10.9. The van der Waals surface area contributed by atoms with E-state index in [9.17, 15) is 4.79 Å². The molecule has 0 spiro atoms. The summed E-state index contributed by atoms with van der Waals surface area (Å²) in [5.74, 6) is 0.904. The highest BCUT2D eigenvalue weighted by atomic mass is 16.1. The molecular weight excluding hydrogens is 228 g/mol. The number of nitrogens with two attached hydrogens (primary N) is 1. The van der Waals surface area contributed by atoms with E-state index in [1.807, 2.05) is 36.7 Å². The van der Waals surface area contributed by atoms with Crippen LogP contribution in [0, 0.1) is 6.92 Å². The Kier molecular flexibility index (Phi) is 3.34. The maximum absolute atomic E-state index is 11.3. The zero-order chi connectivity index (χ0) is 13.3. The van der Waals surface area contributed by atoms with Gasteiger partial charge in [-0.1, -0.05) is 6.07 Å². The van der Waals surface area contributed by atoms with Crippen molar-refractivity contribution in [1.29, 1.82) is 0 Å². The first-order chi connectivity index (χ1) is 8.52. The Morgan fingerprint density at radius 3 is 2.94 bits per heavy atom. The van der Waals surface area contributed by atoms with Crippen molar-refractivity contribution in [1.82, 2.24) is 14.9 Å². The van der Waals surface area contributed by atoms with E-state index in [1.165, 1.54) is 0 Å². The minimum Gasteiger partial charge on any atom is -0.359 e. The summed E-state index contributed by atoms with van der Waals surface area (Å²) in [6, 6.07) is 5.61. The van der Waals surface area contributed by atoms with E-state index in [1.54, 1.807) is 7.05 Å². The SMILES string of the molecule is CNC(=O)CC(N)c1ccc2c(c1)nc(C)n2C. The van der Waals surface area contributed by atoms with Crippen LogP contribution in [0.4, 0.5) is 0 Å². The van der Waals surface area contributed by atoms with Crippen molar-refractivity contribution >= 4 is 16.9 Å². The van der Waals surface area contributed by atoms with E-state index in [2.05, 4.69) is 10.3 Å². The molecule has 2 aromatic rings. The van der Waals surface area contributed by atoms with E-state index < -0.39 is 0 Å². The monoisotopic (exact) mass is 246 g/mol. The molecular formula is C13H18N4O. The van der Waals surface area contributed by atoms with Crippen LogP contribution in [-0.4, -0.2) is 22.5 Å². The van der Waals surface area contributed by atoms with E-state index >= 15 is 0 Å². The molecule has 1 amide bonds. The summed E-state index contributed by atoms with van der Waals surface area (Å²) in [6.45, 7) is 1.96. The Labute approximate surface area is 106 Å². The largest absolute Gasteiger partial charge is 0.359 e. The second-order valence-electron chi connectivity index (χ2n) is 4.45. The van der Waals surface area contributed by atoms with Crippen LogP contribution >= 0.6 is 0 Å². The molecule has 0 aliphatic carbocycles. The van der Waals surface area contributed by atoms with Gasteiger partial charge in [0, 0.05) is 26.6 Å². The number of fused-ring (bicyclic) bond motifs is 1. The first-order valence-corrected chi connectivity index (χ1v) is 5.92. The highest BCUT2D eigenvalue weighted by Crippen LogP contribution is 2.21. The molecule has 5 heteroatoms. The summed E-state index contributed by atoms with van der Waals surface area (Å²) in [5, 5.41) is 2.58. The number of carbonyl (C=O) groups is 1. The average molecular weight is 246 g/mol. The standard InChI is InChI=1S/C13H18N4O/c1-8-16-11-6-9(4-5-12(11)17(8)3)10(14)7-13(18)15-2/h4-6,10H,7,14H2,1-3H3,(H,15,18). The third-order valence-corrected chi connectivity index (χ3v) is 3.24. The third-order valence-electron chi connectivity index (χ3n) is 3.24. The van der Waals surface area contributed by atoms with Gasteiger partial charge in [-0.2, -0.15) is 0 Å². The topological polar surface area (TPSA) is 72.9 Å². The summed E-state index contributed by atoms with van der Waals surface area (Å²) in [4.78, 5) is 15.8. The summed E-state index contributed by atoms with van der Waals surface area (Å²) in [6.07, 6.45) is 0.286. The maximum Gasteiger partial charge on any atom is 0.221 e. The number of nitrogens with one attached hydrogen (secondary N) is 1. The van der Waals surface area contributed by atoms with Gasteiger partial charge in [0.05, 0.1) is 11.0 Å². The van der Waals surface area contributed by atoms with E-state index in [0.717, 1.165) is 22.4 Å². The number of benzene rings is 1. The molecule has 96 valence electrons. The van der Waals surface area contributed by atoms with Crippen LogP contribution < -0.4 is 11.1 Å². The number of hydrogen-bond acceptors (Lipinski definition) is 3. The molecule has 2 rings (SSSR count). The third kappa shape index (κ3) is 2.22. The molecule has 0 saturated heterocycles. The molecule has 0 radical (unpaired) electrons. The lowest BCUT2D eigenvalue weighted by Gasteiger charge is -2.11. The second-order valence-corrected chi connectivity index (χ2v) is 4.45. The van der Waals surface area contributed by atoms with Gasteiger partial charge in [0.15, 0.2) is 0 Å². The number of carbonyl (C=O) groups excluding carboxylic acids is 1. The molecule has 18 heavy (non-hydrogen) atoms. The van der Waals surface area contributed by atoms with E-state index in [-0.39, 0.29) is 18.4 Å². The molecule has 0 fully saturated rings. The predicted octanol–water partition coefficient (Wildman–Crippen LogP) is 1.02. The minimum atomic E-state index is -0.295. The Morgan fingerprint density at radius 1 is 1.56 bits per heavy atom. The average Bonchev–Trinajstić information content (AvgIpc) is 2.64. The van der Waals surface area contributed by atoms with Crippen molar-refractivity contribution in [2.75, 3.05) is 7.05 Å². The molecule has 1 atom stereocenters. The number of aryl methyl sites for hydroxylation is 2. The molecule has 1 unspecified atom stereocenters. The number of nitrogens with zero attached hydrogens (tertiary/aromatic N) is 2. The van der Waals surface area contributed by atoms with Gasteiger partial charge in [0.1, 0.15) is 5.82 Å². The summed E-state index contributed by atoms with van der Waals surface area (Å²) >= 11 is 0. The van der Waals surface area contributed by atoms with Gasteiger partial charge in [-0.15, -0.1) is 0 Å². The highest BCUT2D eigenvalue weighted by molar-refractivity contribution is 5.78. The Morgan fingerprint density at radius 2 is 2.28 bits per heavy atom. The molecule has 0 saturated carbocycles. The van der Waals surface area contributed by atoms with Crippen molar-refractivity contribution in [2.24, 2.45) is 12.8 Å². The van der Waals surface area contributed by atoms with Crippen LogP contribution in [-0.2, 0) is 11.8 Å². The molecule has 1 aromatic carbocycles. The van der Waals surface area contributed by atoms with Crippen LogP contribution in [0.3, 0.4) is 0 Å². The van der Waals surface area contributed by atoms with Crippen LogP contribution in [0.5, 0.6) is 0 Å². The Hall–Kier alpha value is -1.88. The Bertz CT molecular complexity index is 588. The van der Waals surface area contributed by atoms with Crippen LogP contribution in [0.1, 0.15) is 23.9 Å². The van der Waals surface area contributed by atoms with Crippen LogP contribution in [0.2, 0.25) is 0 Å². The lowest BCUT2D eigenvalue weighted by atomic mass is 10.0. The first-order valence-electron chi connectivity index (χ1n) is 5.92. The summed E-state index contributed by atoms with van der Waals surface area (Å²) in [7, 11) is 3.59. The second kappa shape index (κ2) is 4.78. The zero-order valence-corrected chi connectivity index (χ0v) is 10.9. The highest BCUT2D eigenvalue weighted by Gasteiger charge is 2.12. The van der Waals surface area contributed by atoms with Gasteiger partial charge in [-0.3, -0.25) is 4.79 Å². The van der Waals surface area contributed by atoms with Gasteiger partial charge in [-0.05, 0) is 24.6 Å². The lowest BCUT2D eigenvalue weighted by Crippen LogP contribution is -2.24. The van der Waals surface area contributed by atoms with E-state index in [4.69, 9.17) is 5.73 Å². The molecule has 3 N–H and O–H groups in total. The van der Waals surface area contributed by atoms with Gasteiger partial charge in [0.2, 0.25) is 5.91 Å². The van der Waals surface area contributed by atoms with Crippen LogP contribution in [0.25, 0.3) is 11.0 Å². The van der Waals surface area contributed by atoms with Crippen molar-refractivity contribution in [3.05, 3.63) is 29.6 Å². The summed E-state index contributed by atoms with van der Waals surface area (Å²) in [5.41, 5.74) is 8.94. The molecule has 5 nitrogen and oxygen atoms in total. The number of imidazole rings is 1. The predicted molar refractivity (Wildman–Crippen MR) is 71.1 cm³/mol. The normalized spacial score (nSPS) is 12.7. The fraction of sp³-hybridized carbons (Fsp3) is 0.385. The van der Waals surface area contributed by atoms with Crippen LogP contribution in [0.15, 0.2) is 18.2 Å². The smallest absolute Gasteiger partial charge is 0.221 e. The van der Waals surface area contributed by atoms with Crippen molar-refractivity contribution < 1.29 is 4.79 Å². The van der Waals surface area contributed by atoms with E-state index in [0.29, 0.717) is 0 Å². The number of aromatic nitrogens is 2. The van der Waals surface area contributed by atoms with Crippen molar-refractivity contribution in [3.8, 4) is 0 Å². The first kappa shape index (κ1) is 12.6. The Balaban J connectivity index is 2.32. The van der Waals surface area contributed by atoms with Crippen molar-refractivity contribution in [3.63, 3.8) is 0 Å². The molecule has 1 aromatic heterocycles. The fourth-order valence-electron chi connectivity index (χ4n) is 1.99.